The van der Waals surface area contributed by atoms with Crippen LogP contribution in [-0.4, -0.2) is 28.8 Å². The number of Topliss-reactive ketones (excluding diaryl/α,β-unsaturated/α-hetero) is 1. The van der Waals surface area contributed by atoms with Gasteiger partial charge in [0.2, 0.25) is 0 Å². The number of ketones is 1. The summed E-state index contributed by atoms with van der Waals surface area (Å²) in [6, 6.07) is 0. The third-order valence-corrected chi connectivity index (χ3v) is 8.76. The first-order valence-electron chi connectivity index (χ1n) is 10.8. The fourth-order valence-electron chi connectivity index (χ4n) is 7.57. The van der Waals surface area contributed by atoms with E-state index < -0.39 is 0 Å². The van der Waals surface area contributed by atoms with Gasteiger partial charge in [0, 0.05) is 24.7 Å². The number of hydrogen-bond donors (Lipinski definition) is 1. The molecule has 0 saturated heterocycles. The zero-order chi connectivity index (χ0) is 20.3. The van der Waals surface area contributed by atoms with Gasteiger partial charge >= 0.3 is 5.97 Å². The lowest BCUT2D eigenvalue weighted by Crippen LogP contribution is -2.57. The van der Waals surface area contributed by atoms with Crippen LogP contribution in [-0.2, 0) is 14.3 Å². The molecule has 7 atom stereocenters. The summed E-state index contributed by atoms with van der Waals surface area (Å²) >= 11 is 0. The first-order valence-corrected chi connectivity index (χ1v) is 10.8. The fraction of sp³-hybridized carbons (Fsp3) is 0.783. The van der Waals surface area contributed by atoms with Crippen LogP contribution in [0.25, 0.3) is 0 Å². The van der Waals surface area contributed by atoms with Crippen molar-refractivity contribution >= 4 is 17.5 Å². The number of rotatable bonds is 2. The monoisotopic (exact) mass is 387 g/mol. The van der Waals surface area contributed by atoms with Crippen LogP contribution in [0.1, 0.15) is 72.6 Å². The number of ether oxygens (including phenoxy) is 1. The van der Waals surface area contributed by atoms with Gasteiger partial charge in [-0.25, -0.2) is 0 Å². The van der Waals surface area contributed by atoms with Crippen LogP contribution in [0.4, 0.5) is 0 Å². The van der Waals surface area contributed by atoms with Crippen molar-refractivity contribution in [2.24, 2.45) is 39.7 Å². The summed E-state index contributed by atoms with van der Waals surface area (Å²) < 4.78 is 5.52. The number of hydrogen-bond acceptors (Lipinski definition) is 5. The van der Waals surface area contributed by atoms with Crippen LogP contribution in [0.2, 0.25) is 0 Å². The van der Waals surface area contributed by atoms with Crippen molar-refractivity contribution in [1.82, 2.24) is 0 Å². The number of carbonyl (C=O) groups is 2. The van der Waals surface area contributed by atoms with Crippen molar-refractivity contribution in [3.05, 3.63) is 11.6 Å². The van der Waals surface area contributed by atoms with E-state index in [0.717, 1.165) is 44.1 Å². The Morgan fingerprint density at radius 3 is 2.68 bits per heavy atom. The van der Waals surface area contributed by atoms with Gasteiger partial charge in [-0.05, 0) is 74.2 Å². The Balaban J connectivity index is 1.60. The maximum atomic E-state index is 13.5. The van der Waals surface area contributed by atoms with Gasteiger partial charge in [0.25, 0.3) is 0 Å². The Morgan fingerprint density at radius 2 is 2.00 bits per heavy atom. The van der Waals surface area contributed by atoms with E-state index in [9.17, 15) is 14.8 Å². The topological polar surface area (TPSA) is 76.0 Å². The van der Waals surface area contributed by atoms with Crippen molar-refractivity contribution in [3.63, 3.8) is 0 Å². The normalized spacial score (nSPS) is 45.6. The highest BCUT2D eigenvalue weighted by Gasteiger charge is 2.62. The molecule has 0 aromatic carbocycles. The smallest absolute Gasteiger partial charge is 0.302 e. The van der Waals surface area contributed by atoms with E-state index in [1.165, 1.54) is 6.92 Å². The SMILES string of the molecule is CC(=O)O[C@@H]1CC[C@@]2(C)[C@@H](CC[C@H]3[C@H]2C(=O)C[C@]2(C)C(/C(C)=N\O)=CC[C@H]32)C1. The maximum Gasteiger partial charge on any atom is 0.302 e. The molecule has 0 aromatic heterocycles. The second-order valence-corrected chi connectivity index (χ2v) is 10.1. The number of carbonyl (C=O) groups excluding carboxylic acids is 2. The molecule has 0 bridgehead atoms. The Morgan fingerprint density at radius 1 is 1.25 bits per heavy atom. The van der Waals surface area contributed by atoms with E-state index in [-0.39, 0.29) is 28.8 Å². The molecule has 0 radical (unpaired) electrons. The molecule has 0 amide bonds. The molecule has 154 valence electrons. The van der Waals surface area contributed by atoms with Crippen molar-refractivity contribution in [1.29, 1.82) is 0 Å². The third kappa shape index (κ3) is 2.76. The second kappa shape index (κ2) is 6.70. The summed E-state index contributed by atoms with van der Waals surface area (Å²) in [7, 11) is 0. The van der Waals surface area contributed by atoms with E-state index >= 15 is 0 Å². The van der Waals surface area contributed by atoms with Crippen LogP contribution < -0.4 is 0 Å². The molecule has 4 aliphatic rings. The highest BCUT2D eigenvalue weighted by atomic mass is 16.5. The van der Waals surface area contributed by atoms with Gasteiger partial charge in [-0.2, -0.15) is 0 Å². The average Bonchev–Trinajstić information content (AvgIpc) is 2.97. The molecule has 1 N–H and O–H groups in total. The van der Waals surface area contributed by atoms with Gasteiger partial charge in [0.1, 0.15) is 11.9 Å². The molecule has 3 fully saturated rings. The van der Waals surface area contributed by atoms with Gasteiger partial charge in [0.05, 0.1) is 5.71 Å². The largest absolute Gasteiger partial charge is 0.463 e. The lowest BCUT2D eigenvalue weighted by atomic mass is 9.44. The van der Waals surface area contributed by atoms with Gasteiger partial charge < -0.3 is 9.94 Å². The first-order chi connectivity index (χ1) is 13.2. The van der Waals surface area contributed by atoms with E-state index in [4.69, 9.17) is 4.74 Å². The highest BCUT2D eigenvalue weighted by molar-refractivity contribution is 6.01. The molecule has 5 nitrogen and oxygen atoms in total. The minimum Gasteiger partial charge on any atom is -0.463 e. The predicted molar refractivity (Wildman–Crippen MR) is 106 cm³/mol. The predicted octanol–water partition coefficient (Wildman–Crippen LogP) is 4.53. The summed E-state index contributed by atoms with van der Waals surface area (Å²) in [4.78, 5) is 24.9. The van der Waals surface area contributed by atoms with Crippen LogP contribution in [0, 0.1) is 34.5 Å². The van der Waals surface area contributed by atoms with E-state index in [1.807, 2.05) is 6.92 Å². The van der Waals surface area contributed by atoms with E-state index in [2.05, 4.69) is 25.1 Å². The zero-order valence-corrected chi connectivity index (χ0v) is 17.5. The number of esters is 1. The summed E-state index contributed by atoms with van der Waals surface area (Å²) in [5.74, 6) is 1.61. The minimum absolute atomic E-state index is 0.0132. The molecule has 5 heteroatoms. The average molecular weight is 388 g/mol. The van der Waals surface area contributed by atoms with Crippen molar-refractivity contribution in [3.8, 4) is 0 Å². The molecule has 28 heavy (non-hydrogen) atoms. The lowest BCUT2D eigenvalue weighted by Gasteiger charge is -2.59. The lowest BCUT2D eigenvalue weighted by molar-refractivity contribution is -0.166. The van der Waals surface area contributed by atoms with Crippen LogP contribution >= 0.6 is 0 Å². The quantitative estimate of drug-likeness (QED) is 0.327. The van der Waals surface area contributed by atoms with Crippen LogP contribution in [0.15, 0.2) is 16.8 Å². The molecule has 4 rings (SSSR count). The van der Waals surface area contributed by atoms with Gasteiger partial charge in [-0.15, -0.1) is 0 Å². The minimum atomic E-state index is -0.202. The number of oxime groups is 1. The van der Waals surface area contributed by atoms with Crippen LogP contribution in [0.5, 0.6) is 0 Å². The standard InChI is InChI=1S/C23H33NO4/c1-13(24-27)18-7-8-19-17-6-5-15-11-16(28-14(2)25)9-10-22(15,3)21(17)20(26)12-23(18,19)4/h7,15-17,19,21,27H,5-6,8-12H2,1-4H3/b24-13-/t15-,16+,17+,19+,21-,22-,23+/m0/s1. The van der Waals surface area contributed by atoms with Gasteiger partial charge in [-0.1, -0.05) is 25.1 Å². The Bertz CT molecular complexity index is 756. The van der Waals surface area contributed by atoms with E-state index in [0.29, 0.717) is 35.7 Å². The molecular weight excluding hydrogens is 354 g/mol. The highest BCUT2D eigenvalue weighted by Crippen LogP contribution is 2.65. The summed E-state index contributed by atoms with van der Waals surface area (Å²) in [6.45, 7) is 7.84. The van der Waals surface area contributed by atoms with E-state index in [1.54, 1.807) is 0 Å². The summed E-state index contributed by atoms with van der Waals surface area (Å²) in [5.41, 5.74) is 1.53. The number of allylic oxidation sites excluding steroid dienone is 2. The molecule has 0 heterocycles. The molecular formula is C23H33NO4. The Kier molecular flexibility index (Phi) is 4.71. The van der Waals surface area contributed by atoms with Crippen molar-refractivity contribution in [2.75, 3.05) is 0 Å². The third-order valence-electron chi connectivity index (χ3n) is 8.76. The van der Waals surface area contributed by atoms with Gasteiger partial charge in [0.15, 0.2) is 0 Å². The molecule has 0 spiro atoms. The molecule has 0 unspecified atom stereocenters. The summed E-state index contributed by atoms with van der Waals surface area (Å²) in [5, 5.41) is 12.7. The molecule has 0 aliphatic heterocycles. The Hall–Kier alpha value is -1.65. The second-order valence-electron chi connectivity index (χ2n) is 10.1. The van der Waals surface area contributed by atoms with Crippen LogP contribution in [0.3, 0.4) is 0 Å². The maximum absolute atomic E-state index is 13.5. The molecule has 0 aromatic rings. The molecule has 3 saturated carbocycles. The Labute approximate surface area is 167 Å². The van der Waals surface area contributed by atoms with Gasteiger partial charge in [-0.3, -0.25) is 9.59 Å². The first kappa shape index (κ1) is 19.7. The van der Waals surface area contributed by atoms with Crippen molar-refractivity contribution < 1.29 is 19.5 Å². The van der Waals surface area contributed by atoms with Crippen molar-refractivity contribution in [2.45, 2.75) is 78.7 Å². The molecule has 4 aliphatic carbocycles. The zero-order valence-electron chi connectivity index (χ0n) is 17.5. The number of fused-ring (bicyclic) bond motifs is 5. The number of nitrogens with zero attached hydrogens (tertiary/aromatic N) is 1. The fourth-order valence-corrected chi connectivity index (χ4v) is 7.57. The summed E-state index contributed by atoms with van der Waals surface area (Å²) in [6.07, 6.45) is 8.65.